The summed E-state index contributed by atoms with van der Waals surface area (Å²) in [6.07, 6.45) is 7.90. The Kier molecular flexibility index (Phi) is 3.76. The van der Waals surface area contributed by atoms with Crippen LogP contribution in [0.1, 0.15) is 37.9 Å². The maximum atomic E-state index is 5.69. The predicted octanol–water partition coefficient (Wildman–Crippen LogP) is 2.21. The number of nitrogens with zero attached hydrogens (tertiary/aromatic N) is 3. The molecule has 0 spiro atoms. The lowest BCUT2D eigenvalue weighted by Crippen LogP contribution is -2.36. The molecule has 2 aromatic heterocycles. The molecule has 0 saturated carbocycles. The second kappa shape index (κ2) is 5.54. The normalized spacial score (nSPS) is 20.3. The first-order valence-electron chi connectivity index (χ1n) is 7.59. The first-order valence-corrected chi connectivity index (χ1v) is 7.59. The van der Waals surface area contributed by atoms with E-state index in [-0.39, 0.29) is 0 Å². The monoisotopic (exact) mass is 272 g/mol. The van der Waals surface area contributed by atoms with Crippen LogP contribution in [0.25, 0.3) is 5.65 Å². The van der Waals surface area contributed by atoms with Crippen LogP contribution in [0.4, 0.5) is 0 Å². The van der Waals surface area contributed by atoms with Crippen molar-refractivity contribution in [3.63, 3.8) is 0 Å². The molecule has 0 radical (unpaired) electrons. The van der Waals surface area contributed by atoms with Crippen molar-refractivity contribution < 1.29 is 0 Å². The van der Waals surface area contributed by atoms with Crippen LogP contribution in [0.5, 0.6) is 0 Å². The molecule has 0 aliphatic carbocycles. The third-order valence-electron chi connectivity index (χ3n) is 4.33. The van der Waals surface area contributed by atoms with Gasteiger partial charge in [-0.3, -0.25) is 4.90 Å². The van der Waals surface area contributed by atoms with E-state index in [0.29, 0.717) is 18.6 Å². The third-order valence-corrected chi connectivity index (χ3v) is 4.33. The molecule has 1 fully saturated rings. The molecular weight excluding hydrogens is 248 g/mol. The molecule has 3 rings (SSSR count). The van der Waals surface area contributed by atoms with Crippen molar-refractivity contribution in [3.05, 3.63) is 35.8 Å². The molecule has 4 heteroatoms. The number of likely N-dealkylation sites (tertiary alicyclic amines) is 1. The summed E-state index contributed by atoms with van der Waals surface area (Å²) in [5, 5.41) is 0. The molecule has 1 aliphatic rings. The van der Waals surface area contributed by atoms with E-state index >= 15 is 0 Å². The molecular formula is C16H24N4. The fourth-order valence-electron chi connectivity index (χ4n) is 3.31. The molecule has 1 aliphatic heterocycles. The number of hydrogen-bond donors (Lipinski definition) is 1. The van der Waals surface area contributed by atoms with E-state index in [9.17, 15) is 0 Å². The maximum absolute atomic E-state index is 5.69. The molecule has 1 unspecified atom stereocenters. The third kappa shape index (κ3) is 2.58. The van der Waals surface area contributed by atoms with Gasteiger partial charge in [-0.1, -0.05) is 6.07 Å². The topological polar surface area (TPSA) is 46.6 Å². The van der Waals surface area contributed by atoms with Crippen LogP contribution in [0.15, 0.2) is 24.5 Å². The highest BCUT2D eigenvalue weighted by molar-refractivity contribution is 5.41. The minimum Gasteiger partial charge on any atom is -0.326 e. The lowest BCUT2D eigenvalue weighted by Gasteiger charge is -2.27. The first kappa shape index (κ1) is 13.6. The van der Waals surface area contributed by atoms with Crippen molar-refractivity contribution >= 4 is 5.65 Å². The van der Waals surface area contributed by atoms with Crippen molar-refractivity contribution in [2.24, 2.45) is 5.73 Å². The van der Waals surface area contributed by atoms with E-state index in [4.69, 9.17) is 10.7 Å². The Balaban J connectivity index is 1.80. The van der Waals surface area contributed by atoms with Crippen LogP contribution in [-0.4, -0.2) is 32.9 Å². The van der Waals surface area contributed by atoms with Crippen LogP contribution >= 0.6 is 0 Å². The highest BCUT2D eigenvalue weighted by Crippen LogP contribution is 2.23. The zero-order valence-electron chi connectivity index (χ0n) is 12.4. The molecule has 0 aromatic carbocycles. The predicted molar refractivity (Wildman–Crippen MR) is 81.7 cm³/mol. The number of hydrogen-bond acceptors (Lipinski definition) is 3. The Hall–Kier alpha value is -1.39. The van der Waals surface area contributed by atoms with Crippen LogP contribution in [0, 0.1) is 0 Å². The maximum Gasteiger partial charge on any atom is 0.136 e. The minimum absolute atomic E-state index is 0.577. The van der Waals surface area contributed by atoms with Crippen molar-refractivity contribution in [2.45, 2.75) is 51.7 Å². The summed E-state index contributed by atoms with van der Waals surface area (Å²) < 4.78 is 2.10. The smallest absolute Gasteiger partial charge is 0.136 e. The Morgan fingerprint density at radius 1 is 1.35 bits per heavy atom. The van der Waals surface area contributed by atoms with Gasteiger partial charge in [0, 0.05) is 37.4 Å². The summed E-state index contributed by atoms with van der Waals surface area (Å²) in [4.78, 5) is 7.35. The Bertz CT molecular complexity index is 587. The SMILES string of the molecule is CC(C)N1CCCC1Cc1cn2cc(CN)ccc2n1. The molecule has 0 amide bonds. The summed E-state index contributed by atoms with van der Waals surface area (Å²) in [5.74, 6) is 0. The van der Waals surface area contributed by atoms with E-state index in [0.717, 1.165) is 17.6 Å². The van der Waals surface area contributed by atoms with Gasteiger partial charge in [0.15, 0.2) is 0 Å². The van der Waals surface area contributed by atoms with Crippen LogP contribution in [0.2, 0.25) is 0 Å². The Labute approximate surface area is 120 Å². The zero-order valence-corrected chi connectivity index (χ0v) is 12.4. The Morgan fingerprint density at radius 2 is 2.20 bits per heavy atom. The van der Waals surface area contributed by atoms with Crippen LogP contribution in [0.3, 0.4) is 0 Å². The quantitative estimate of drug-likeness (QED) is 0.928. The lowest BCUT2D eigenvalue weighted by molar-refractivity contribution is 0.202. The number of pyridine rings is 1. The number of fused-ring (bicyclic) bond motifs is 1. The molecule has 4 nitrogen and oxygen atoms in total. The van der Waals surface area contributed by atoms with Gasteiger partial charge in [0.05, 0.1) is 5.69 Å². The van der Waals surface area contributed by atoms with Crippen molar-refractivity contribution in [1.82, 2.24) is 14.3 Å². The van der Waals surface area contributed by atoms with Gasteiger partial charge in [-0.15, -0.1) is 0 Å². The summed E-state index contributed by atoms with van der Waals surface area (Å²) in [6.45, 7) is 6.38. The first-order chi connectivity index (χ1) is 9.67. The Morgan fingerprint density at radius 3 is 2.95 bits per heavy atom. The molecule has 2 aromatic rings. The zero-order chi connectivity index (χ0) is 14.1. The summed E-state index contributed by atoms with van der Waals surface area (Å²) in [6, 6.07) is 5.39. The lowest BCUT2D eigenvalue weighted by atomic mass is 10.1. The molecule has 0 bridgehead atoms. The molecule has 1 atom stereocenters. The van der Waals surface area contributed by atoms with Gasteiger partial charge in [0.25, 0.3) is 0 Å². The fourth-order valence-corrected chi connectivity index (χ4v) is 3.31. The van der Waals surface area contributed by atoms with E-state index < -0.39 is 0 Å². The van der Waals surface area contributed by atoms with Gasteiger partial charge in [-0.25, -0.2) is 4.98 Å². The summed E-state index contributed by atoms with van der Waals surface area (Å²) in [5.41, 5.74) is 9.05. The van der Waals surface area contributed by atoms with Crippen molar-refractivity contribution in [1.29, 1.82) is 0 Å². The standard InChI is InChI=1S/C16H24N4/c1-12(2)20-7-3-4-15(20)8-14-11-19-10-13(9-17)5-6-16(19)18-14/h5-6,10-12,15H,3-4,7-9,17H2,1-2H3. The molecule has 2 N–H and O–H groups in total. The van der Waals surface area contributed by atoms with Gasteiger partial charge < -0.3 is 10.1 Å². The van der Waals surface area contributed by atoms with Gasteiger partial charge in [-0.05, 0) is 44.9 Å². The van der Waals surface area contributed by atoms with Gasteiger partial charge in [0.1, 0.15) is 5.65 Å². The van der Waals surface area contributed by atoms with Crippen LogP contribution < -0.4 is 5.73 Å². The average Bonchev–Trinajstić information content (AvgIpc) is 3.03. The number of aromatic nitrogens is 2. The van der Waals surface area contributed by atoms with E-state index in [1.54, 1.807) is 0 Å². The minimum atomic E-state index is 0.577. The van der Waals surface area contributed by atoms with Gasteiger partial charge in [-0.2, -0.15) is 0 Å². The number of rotatable bonds is 4. The van der Waals surface area contributed by atoms with Crippen LogP contribution in [-0.2, 0) is 13.0 Å². The van der Waals surface area contributed by atoms with Gasteiger partial charge >= 0.3 is 0 Å². The molecule has 1 saturated heterocycles. The van der Waals surface area contributed by atoms with E-state index in [1.165, 1.54) is 25.1 Å². The second-order valence-electron chi connectivity index (χ2n) is 6.07. The largest absolute Gasteiger partial charge is 0.326 e. The van der Waals surface area contributed by atoms with Crippen molar-refractivity contribution in [2.75, 3.05) is 6.54 Å². The van der Waals surface area contributed by atoms with E-state index in [1.807, 2.05) is 0 Å². The van der Waals surface area contributed by atoms with Gasteiger partial charge in [0.2, 0.25) is 0 Å². The molecule has 3 heterocycles. The fraction of sp³-hybridized carbons (Fsp3) is 0.562. The van der Waals surface area contributed by atoms with Crippen molar-refractivity contribution in [3.8, 4) is 0 Å². The molecule has 20 heavy (non-hydrogen) atoms. The number of imidazole rings is 1. The van der Waals surface area contributed by atoms with E-state index in [2.05, 4.69) is 47.7 Å². The molecule has 108 valence electrons. The summed E-state index contributed by atoms with van der Waals surface area (Å²) in [7, 11) is 0. The number of nitrogens with two attached hydrogens (primary N) is 1. The summed E-state index contributed by atoms with van der Waals surface area (Å²) >= 11 is 0. The highest BCUT2D eigenvalue weighted by Gasteiger charge is 2.27. The average molecular weight is 272 g/mol. The second-order valence-corrected chi connectivity index (χ2v) is 6.07. The highest BCUT2D eigenvalue weighted by atomic mass is 15.2.